The molecule has 2 amide bonds. The van der Waals surface area contributed by atoms with Gasteiger partial charge in [0.25, 0.3) is 0 Å². The van der Waals surface area contributed by atoms with Crippen LogP contribution in [0.4, 0.5) is 4.79 Å². The van der Waals surface area contributed by atoms with Gasteiger partial charge in [0.05, 0.1) is 12.0 Å². The number of carboxylic acid groups (broad SMARTS) is 1. The maximum Gasteiger partial charge on any atom is 0.407 e. The third-order valence-corrected chi connectivity index (χ3v) is 6.89. The second-order valence-electron chi connectivity index (χ2n) is 9.06. The van der Waals surface area contributed by atoms with E-state index in [-0.39, 0.29) is 25.4 Å². The molecule has 8 heteroatoms. The summed E-state index contributed by atoms with van der Waals surface area (Å²) in [6.45, 7) is 0.121. The Hall–Kier alpha value is -3.86. The van der Waals surface area contributed by atoms with Crippen LogP contribution in [-0.4, -0.2) is 41.8 Å². The van der Waals surface area contributed by atoms with Crippen molar-refractivity contribution in [3.05, 3.63) is 59.7 Å². The lowest BCUT2D eigenvalue weighted by Crippen LogP contribution is -2.51. The van der Waals surface area contributed by atoms with Gasteiger partial charge in [0, 0.05) is 18.4 Å². The molecule has 3 N–H and O–H groups in total. The molecule has 0 heterocycles. The van der Waals surface area contributed by atoms with Crippen LogP contribution in [-0.2, 0) is 14.3 Å². The van der Waals surface area contributed by atoms with E-state index < -0.39 is 36.0 Å². The first-order valence-electron chi connectivity index (χ1n) is 12.0. The van der Waals surface area contributed by atoms with Crippen molar-refractivity contribution in [2.75, 3.05) is 6.61 Å². The lowest BCUT2D eigenvalue weighted by atomic mass is 9.98. The molecule has 2 aliphatic carbocycles. The highest BCUT2D eigenvalue weighted by molar-refractivity contribution is 5.86. The summed E-state index contributed by atoms with van der Waals surface area (Å²) in [6.07, 6.45) is 2.03. The first kappa shape index (κ1) is 24.3. The Balaban J connectivity index is 1.40. The third-order valence-electron chi connectivity index (χ3n) is 6.89. The van der Waals surface area contributed by atoms with E-state index in [2.05, 4.69) is 22.8 Å². The minimum Gasteiger partial charge on any atom is -0.481 e. The number of hydrogen-bond acceptors (Lipinski definition) is 5. The van der Waals surface area contributed by atoms with Gasteiger partial charge in [-0.05, 0) is 47.9 Å². The number of fused-ring (bicyclic) bond motifs is 3. The molecule has 35 heavy (non-hydrogen) atoms. The molecule has 0 spiro atoms. The summed E-state index contributed by atoms with van der Waals surface area (Å²) >= 11 is 0. The monoisotopic (exact) mass is 475 g/mol. The molecular weight excluding hydrogens is 446 g/mol. The van der Waals surface area contributed by atoms with Gasteiger partial charge in [-0.1, -0.05) is 55.0 Å². The van der Waals surface area contributed by atoms with Crippen LogP contribution in [0.15, 0.2) is 48.5 Å². The van der Waals surface area contributed by atoms with Crippen LogP contribution < -0.4 is 10.6 Å². The van der Waals surface area contributed by atoms with Crippen LogP contribution in [0.1, 0.15) is 55.6 Å². The third kappa shape index (κ3) is 5.46. The fourth-order valence-corrected chi connectivity index (χ4v) is 5.15. The number of unbranched alkanes of at least 4 members (excludes halogenated alkanes) is 1. The molecule has 0 aliphatic heterocycles. The summed E-state index contributed by atoms with van der Waals surface area (Å²) in [4.78, 5) is 37.1. The van der Waals surface area contributed by atoms with Crippen molar-refractivity contribution in [3.8, 4) is 17.2 Å². The molecule has 2 aromatic rings. The molecule has 8 nitrogen and oxygen atoms in total. The van der Waals surface area contributed by atoms with Gasteiger partial charge in [0.15, 0.2) is 0 Å². The Morgan fingerprint density at radius 2 is 1.71 bits per heavy atom. The van der Waals surface area contributed by atoms with E-state index in [0.717, 1.165) is 28.7 Å². The van der Waals surface area contributed by atoms with E-state index in [9.17, 15) is 19.5 Å². The minimum absolute atomic E-state index is 0.103. The highest BCUT2D eigenvalue weighted by atomic mass is 16.5. The van der Waals surface area contributed by atoms with Crippen molar-refractivity contribution in [3.63, 3.8) is 0 Å². The largest absolute Gasteiger partial charge is 0.481 e. The number of aliphatic carboxylic acids is 1. The number of amides is 2. The molecule has 0 aromatic heterocycles. The molecule has 0 saturated heterocycles. The van der Waals surface area contributed by atoms with E-state index in [0.29, 0.717) is 19.3 Å². The number of rotatable bonds is 9. The first-order chi connectivity index (χ1) is 17.0. The van der Waals surface area contributed by atoms with Gasteiger partial charge in [0.1, 0.15) is 12.6 Å². The molecule has 2 aromatic carbocycles. The second kappa shape index (κ2) is 11.0. The number of ether oxygens (including phenoxy) is 1. The summed E-state index contributed by atoms with van der Waals surface area (Å²) < 4.78 is 5.57. The Labute approximate surface area is 204 Å². The normalized spacial score (nSPS) is 19.2. The van der Waals surface area contributed by atoms with Crippen molar-refractivity contribution in [2.24, 2.45) is 5.92 Å². The van der Waals surface area contributed by atoms with Crippen LogP contribution in [0.3, 0.4) is 0 Å². The Kier molecular flexibility index (Phi) is 7.66. The molecule has 1 fully saturated rings. The molecule has 2 aliphatic rings. The summed E-state index contributed by atoms with van der Waals surface area (Å²) in [6, 6.07) is 16.7. The quantitative estimate of drug-likeness (QED) is 0.471. The van der Waals surface area contributed by atoms with Gasteiger partial charge in [-0.15, -0.1) is 0 Å². The lowest BCUT2D eigenvalue weighted by molar-refractivity contribution is -0.142. The Morgan fingerprint density at radius 3 is 2.34 bits per heavy atom. The first-order valence-corrected chi connectivity index (χ1v) is 12.0. The predicted molar refractivity (Wildman–Crippen MR) is 128 cm³/mol. The van der Waals surface area contributed by atoms with E-state index in [4.69, 9.17) is 10.00 Å². The summed E-state index contributed by atoms with van der Waals surface area (Å²) in [5, 5.41) is 23.7. The zero-order valence-corrected chi connectivity index (χ0v) is 19.4. The number of carbonyl (C=O) groups excluding carboxylic acids is 2. The number of nitrogens with zero attached hydrogens (tertiary/aromatic N) is 1. The molecule has 182 valence electrons. The minimum atomic E-state index is -0.932. The molecule has 0 radical (unpaired) electrons. The maximum absolute atomic E-state index is 12.9. The summed E-state index contributed by atoms with van der Waals surface area (Å²) in [5.74, 6) is -2.12. The smallest absolute Gasteiger partial charge is 0.407 e. The fourth-order valence-electron chi connectivity index (χ4n) is 5.15. The van der Waals surface area contributed by atoms with Crippen LogP contribution in [0.2, 0.25) is 0 Å². The number of alkyl carbamates (subject to hydrolysis) is 1. The number of nitrogens with one attached hydrogen (secondary N) is 2. The molecule has 3 atom stereocenters. The van der Waals surface area contributed by atoms with Gasteiger partial charge in [-0.2, -0.15) is 5.26 Å². The van der Waals surface area contributed by atoms with E-state index >= 15 is 0 Å². The number of carboxylic acids is 1. The molecule has 0 bridgehead atoms. The van der Waals surface area contributed by atoms with Crippen molar-refractivity contribution < 1.29 is 24.2 Å². The fraction of sp³-hybridized carbons (Fsp3) is 0.407. The lowest BCUT2D eigenvalue weighted by Gasteiger charge is -2.23. The van der Waals surface area contributed by atoms with Crippen LogP contribution >= 0.6 is 0 Å². The molecular formula is C27H29N3O5. The molecule has 4 rings (SSSR count). The average molecular weight is 476 g/mol. The number of benzene rings is 2. The number of hydrogen-bond donors (Lipinski definition) is 3. The van der Waals surface area contributed by atoms with Gasteiger partial charge < -0.3 is 20.5 Å². The highest BCUT2D eigenvalue weighted by Gasteiger charge is 2.35. The van der Waals surface area contributed by atoms with Crippen LogP contribution in [0.25, 0.3) is 11.1 Å². The van der Waals surface area contributed by atoms with E-state index in [1.165, 1.54) is 0 Å². The van der Waals surface area contributed by atoms with E-state index in [1.54, 1.807) is 0 Å². The predicted octanol–water partition coefficient (Wildman–Crippen LogP) is 3.96. The zero-order valence-electron chi connectivity index (χ0n) is 19.4. The van der Waals surface area contributed by atoms with Crippen molar-refractivity contribution in [1.82, 2.24) is 10.6 Å². The van der Waals surface area contributed by atoms with Crippen molar-refractivity contribution in [1.29, 1.82) is 5.26 Å². The molecule has 1 unspecified atom stereocenters. The summed E-state index contributed by atoms with van der Waals surface area (Å²) in [5.41, 5.74) is 4.42. The topological polar surface area (TPSA) is 129 Å². The molecule has 1 saturated carbocycles. The number of carbonyl (C=O) groups is 3. The van der Waals surface area contributed by atoms with Crippen LogP contribution in [0, 0.1) is 17.2 Å². The standard InChI is InChI=1S/C27H29N3O5/c28-15-6-5-13-24(25(31)29-23-14-7-12-21(23)26(32)33)30-27(34)35-16-22-19-10-3-1-8-17(19)18-9-2-4-11-20(18)22/h1-4,8-11,21-24H,5-7,12-14,16H2,(H,29,31)(H,30,34)(H,32,33)/t21-,23+,24?/m1/s1. The van der Waals surface area contributed by atoms with Crippen molar-refractivity contribution >= 4 is 18.0 Å². The summed E-state index contributed by atoms with van der Waals surface area (Å²) in [7, 11) is 0. The van der Waals surface area contributed by atoms with E-state index in [1.807, 2.05) is 42.5 Å². The highest BCUT2D eigenvalue weighted by Crippen LogP contribution is 2.44. The second-order valence-corrected chi connectivity index (χ2v) is 9.06. The maximum atomic E-state index is 12.9. The number of nitriles is 1. The van der Waals surface area contributed by atoms with Gasteiger partial charge >= 0.3 is 12.1 Å². The SMILES string of the molecule is N#CCCCC(NC(=O)OCC1c2ccccc2-c2ccccc21)C(=O)N[C@H]1CCC[C@H]1C(=O)O. The van der Waals surface area contributed by atoms with Crippen LogP contribution in [0.5, 0.6) is 0 Å². The van der Waals surface area contributed by atoms with Crippen molar-refractivity contribution in [2.45, 2.75) is 56.5 Å². The Morgan fingerprint density at radius 1 is 1.06 bits per heavy atom. The van der Waals surface area contributed by atoms with Gasteiger partial charge in [-0.3, -0.25) is 9.59 Å². The van der Waals surface area contributed by atoms with Gasteiger partial charge in [0.2, 0.25) is 5.91 Å². The zero-order chi connectivity index (χ0) is 24.8. The average Bonchev–Trinajstić information content (AvgIpc) is 3.45. The Bertz CT molecular complexity index is 1100. The van der Waals surface area contributed by atoms with Gasteiger partial charge in [-0.25, -0.2) is 4.79 Å².